The molecule has 0 N–H and O–H groups in total. The topological polar surface area (TPSA) is 34.9 Å². The quantitative estimate of drug-likeness (QED) is 0.322. The van der Waals surface area contributed by atoms with Crippen LogP contribution in [0.1, 0.15) is 94.6 Å². The van der Waals surface area contributed by atoms with Crippen molar-refractivity contribution in [3.05, 3.63) is 70.6 Å². The molecule has 3 heteroatoms. The van der Waals surface area contributed by atoms with Crippen LogP contribution in [0.15, 0.2) is 42.6 Å². The molecule has 0 amide bonds. The fraction of sp³-hybridized carbons (Fsp3) is 0.481. The van der Waals surface area contributed by atoms with Gasteiger partial charge in [0.05, 0.1) is 12.7 Å². The van der Waals surface area contributed by atoms with Crippen LogP contribution in [0.25, 0.3) is 5.57 Å². The predicted molar refractivity (Wildman–Crippen MR) is 130 cm³/mol. The molecule has 3 nitrogen and oxygen atoms in total. The van der Waals surface area contributed by atoms with E-state index in [2.05, 4.69) is 55.3 Å². The van der Waals surface area contributed by atoms with Crippen LogP contribution in [0, 0.1) is 5.92 Å². The molecule has 0 aliphatic rings. The predicted octanol–water partition coefficient (Wildman–Crippen LogP) is 7.29. The van der Waals surface area contributed by atoms with E-state index in [1.807, 2.05) is 46.9 Å². The molecule has 1 heterocycles. The van der Waals surface area contributed by atoms with Gasteiger partial charge >= 0.3 is 0 Å². The number of carbonyl (C=O) groups is 1. The Labute approximate surface area is 183 Å². The van der Waals surface area contributed by atoms with Gasteiger partial charge in [0.1, 0.15) is 0 Å². The van der Waals surface area contributed by atoms with Gasteiger partial charge in [0, 0.05) is 22.7 Å². The number of hydrogen-bond acceptors (Lipinski definition) is 2. The molecule has 164 valence electrons. The third-order valence-electron chi connectivity index (χ3n) is 5.00. The third kappa shape index (κ3) is 6.55. The lowest BCUT2D eigenvalue weighted by molar-refractivity contribution is 0.0938. The van der Waals surface area contributed by atoms with Crippen molar-refractivity contribution in [2.24, 2.45) is 5.92 Å². The average molecular weight is 409 g/mol. The number of ketones is 1. The van der Waals surface area contributed by atoms with Crippen LogP contribution >= 0.6 is 0 Å². The maximum Gasteiger partial charge on any atom is 0.165 e. The third-order valence-corrected chi connectivity index (χ3v) is 5.00. The number of rotatable bonds is 9. The Morgan fingerprint density at radius 2 is 1.83 bits per heavy atom. The Kier molecular flexibility index (Phi) is 10.5. The molecule has 0 aliphatic carbocycles. The minimum atomic E-state index is 0.0176. The van der Waals surface area contributed by atoms with Gasteiger partial charge in [-0.2, -0.15) is 5.10 Å². The minimum absolute atomic E-state index is 0.0176. The van der Waals surface area contributed by atoms with Crippen molar-refractivity contribution in [2.75, 3.05) is 0 Å². The van der Waals surface area contributed by atoms with Gasteiger partial charge < -0.3 is 0 Å². The first-order chi connectivity index (χ1) is 14.3. The van der Waals surface area contributed by atoms with Gasteiger partial charge in [0.2, 0.25) is 0 Å². The number of benzene rings is 1. The second-order valence-electron chi connectivity index (χ2n) is 7.95. The summed E-state index contributed by atoms with van der Waals surface area (Å²) >= 11 is 0. The van der Waals surface area contributed by atoms with E-state index in [9.17, 15) is 4.79 Å². The Morgan fingerprint density at radius 1 is 1.17 bits per heavy atom. The van der Waals surface area contributed by atoms with Crippen molar-refractivity contribution >= 4 is 11.4 Å². The average Bonchev–Trinajstić information content (AvgIpc) is 3.11. The fourth-order valence-electron chi connectivity index (χ4n) is 3.59. The van der Waals surface area contributed by atoms with Crippen LogP contribution in [0.3, 0.4) is 0 Å². The lowest BCUT2D eigenvalue weighted by atomic mass is 9.93. The minimum Gasteiger partial charge on any atom is -0.294 e. The van der Waals surface area contributed by atoms with Gasteiger partial charge in [-0.05, 0) is 43.4 Å². The number of allylic oxidation sites excluding steroid dienone is 3. The fourth-order valence-corrected chi connectivity index (χ4v) is 3.59. The largest absolute Gasteiger partial charge is 0.294 e. The highest BCUT2D eigenvalue weighted by molar-refractivity contribution is 5.98. The molecular weight excluding hydrogens is 368 g/mol. The van der Waals surface area contributed by atoms with Crippen LogP contribution in [-0.2, 0) is 19.4 Å². The molecule has 2 aromatic rings. The van der Waals surface area contributed by atoms with Gasteiger partial charge in [-0.25, -0.2) is 0 Å². The molecular formula is C27H40N2O. The van der Waals surface area contributed by atoms with Crippen molar-refractivity contribution < 1.29 is 4.79 Å². The molecule has 0 radical (unpaired) electrons. The summed E-state index contributed by atoms with van der Waals surface area (Å²) in [4.78, 5) is 12.5. The normalized spacial score (nSPS) is 11.3. The molecule has 0 aliphatic heterocycles. The van der Waals surface area contributed by atoms with E-state index in [-0.39, 0.29) is 11.7 Å². The molecule has 0 spiro atoms. The summed E-state index contributed by atoms with van der Waals surface area (Å²) in [5.74, 6) is 0.237. The van der Waals surface area contributed by atoms with Gasteiger partial charge in [0.15, 0.2) is 5.78 Å². The van der Waals surface area contributed by atoms with Crippen LogP contribution < -0.4 is 0 Å². The number of aryl methyl sites for hydroxylation is 1. The smallest absolute Gasteiger partial charge is 0.165 e. The van der Waals surface area contributed by atoms with E-state index in [1.54, 1.807) is 0 Å². The SMILES string of the molecule is C=C(C)/C=C(/C)c1cnn(Cc2ccc(C(=O)C(C)C)c(CC)c2)c1CCC.CC. The van der Waals surface area contributed by atoms with Crippen molar-refractivity contribution in [3.8, 4) is 0 Å². The summed E-state index contributed by atoms with van der Waals surface area (Å²) in [6.45, 7) is 21.1. The molecule has 1 aromatic carbocycles. The zero-order valence-electron chi connectivity index (χ0n) is 20.3. The molecule has 0 saturated heterocycles. The van der Waals surface area contributed by atoms with Crippen molar-refractivity contribution in [1.82, 2.24) is 9.78 Å². The summed E-state index contributed by atoms with van der Waals surface area (Å²) < 4.78 is 2.10. The van der Waals surface area contributed by atoms with Crippen molar-refractivity contribution in [2.45, 2.75) is 81.2 Å². The number of Topliss-reactive ketones (excluding diaryl/α,β-unsaturated/α-hetero) is 1. The van der Waals surface area contributed by atoms with Gasteiger partial charge in [-0.3, -0.25) is 9.48 Å². The molecule has 0 bridgehead atoms. The van der Waals surface area contributed by atoms with Crippen LogP contribution in [0.4, 0.5) is 0 Å². The first kappa shape index (κ1) is 25.6. The summed E-state index contributed by atoms with van der Waals surface area (Å²) in [6.07, 6.45) is 7.00. The van der Waals surface area contributed by atoms with Gasteiger partial charge in [-0.15, -0.1) is 0 Å². The summed E-state index contributed by atoms with van der Waals surface area (Å²) in [6, 6.07) is 6.23. The van der Waals surface area contributed by atoms with E-state index in [0.29, 0.717) is 0 Å². The first-order valence-electron chi connectivity index (χ1n) is 11.3. The lowest BCUT2D eigenvalue weighted by Gasteiger charge is -2.13. The van der Waals surface area contributed by atoms with Crippen molar-refractivity contribution in [3.63, 3.8) is 0 Å². The van der Waals surface area contributed by atoms with Gasteiger partial charge in [0.25, 0.3) is 0 Å². The first-order valence-corrected chi connectivity index (χ1v) is 11.3. The Hall–Kier alpha value is -2.42. The summed E-state index contributed by atoms with van der Waals surface area (Å²) in [5.41, 5.74) is 7.88. The van der Waals surface area contributed by atoms with Crippen LogP contribution in [0.2, 0.25) is 0 Å². The molecule has 0 fully saturated rings. The maximum atomic E-state index is 12.5. The maximum absolute atomic E-state index is 12.5. The lowest BCUT2D eigenvalue weighted by Crippen LogP contribution is -2.12. The second kappa shape index (κ2) is 12.3. The molecule has 0 saturated carbocycles. The van der Waals surface area contributed by atoms with E-state index >= 15 is 0 Å². The monoisotopic (exact) mass is 408 g/mol. The summed E-state index contributed by atoms with van der Waals surface area (Å²) in [5, 5.41) is 4.68. The standard InChI is InChI=1S/C25H34N2O.C2H6/c1-8-10-24-23(19(7)13-17(3)4)15-26-27(24)16-20-11-12-22(21(9-2)14-20)25(28)18(5)6;1-2/h11-15,18H,3,8-10,16H2,1-2,4-7H3;1-2H3/b19-13-;. The highest BCUT2D eigenvalue weighted by Crippen LogP contribution is 2.23. The van der Waals surface area contributed by atoms with E-state index < -0.39 is 0 Å². The number of carbonyl (C=O) groups excluding carboxylic acids is 1. The molecule has 30 heavy (non-hydrogen) atoms. The van der Waals surface area contributed by atoms with E-state index in [1.165, 1.54) is 22.4 Å². The van der Waals surface area contributed by atoms with Gasteiger partial charge in [-0.1, -0.05) is 84.4 Å². The molecule has 2 rings (SSSR count). The van der Waals surface area contributed by atoms with Crippen LogP contribution in [0.5, 0.6) is 0 Å². The number of aromatic nitrogens is 2. The Morgan fingerprint density at radius 3 is 2.37 bits per heavy atom. The van der Waals surface area contributed by atoms with Crippen LogP contribution in [-0.4, -0.2) is 15.6 Å². The number of nitrogens with zero attached hydrogens (tertiary/aromatic N) is 2. The highest BCUT2D eigenvalue weighted by atomic mass is 16.1. The zero-order valence-corrected chi connectivity index (χ0v) is 20.3. The van der Waals surface area contributed by atoms with E-state index in [4.69, 9.17) is 0 Å². The zero-order chi connectivity index (χ0) is 22.8. The van der Waals surface area contributed by atoms with E-state index in [0.717, 1.165) is 42.5 Å². The molecule has 0 atom stereocenters. The second-order valence-corrected chi connectivity index (χ2v) is 7.95. The van der Waals surface area contributed by atoms with Crippen molar-refractivity contribution in [1.29, 1.82) is 0 Å². The Balaban J connectivity index is 0.00000218. The number of hydrogen-bond donors (Lipinski definition) is 0. The molecule has 0 unspecified atom stereocenters. The Bertz CT molecular complexity index is 884. The highest BCUT2D eigenvalue weighted by Gasteiger charge is 2.16. The molecule has 1 aromatic heterocycles. The summed E-state index contributed by atoms with van der Waals surface area (Å²) in [7, 11) is 0.